The third kappa shape index (κ3) is 6.23. The Balaban J connectivity index is 2.60. The molecule has 1 amide bonds. The molecule has 6 heteroatoms. The summed E-state index contributed by atoms with van der Waals surface area (Å²) in [5.74, 6) is 1.32. The maximum atomic E-state index is 12.0. The fourth-order valence-corrected chi connectivity index (χ4v) is 2.40. The zero-order valence-corrected chi connectivity index (χ0v) is 13.5. The monoisotopic (exact) mass is 296 g/mol. The average molecular weight is 296 g/mol. The average Bonchev–Trinajstić information content (AvgIpc) is 2.32. The summed E-state index contributed by atoms with van der Waals surface area (Å²) in [5, 5.41) is 3.43. The van der Waals surface area contributed by atoms with E-state index in [-0.39, 0.29) is 11.9 Å². The molecule has 5 nitrogen and oxygen atoms in total. The van der Waals surface area contributed by atoms with Crippen LogP contribution in [-0.4, -0.2) is 33.4 Å². The van der Waals surface area contributed by atoms with E-state index in [2.05, 4.69) is 43.0 Å². The summed E-state index contributed by atoms with van der Waals surface area (Å²) in [6.07, 6.45) is 0.788. The lowest BCUT2D eigenvalue weighted by Gasteiger charge is -2.09. The molecule has 0 aliphatic rings. The minimum atomic E-state index is -0.187. The molecule has 0 fully saturated rings. The number of nitrogen functional groups attached to an aromatic ring is 1. The molecule has 0 spiro atoms. The van der Waals surface area contributed by atoms with Crippen LogP contribution in [0.25, 0.3) is 0 Å². The molecule has 0 aromatic carbocycles. The fourth-order valence-electron chi connectivity index (χ4n) is 1.71. The first-order valence-electron chi connectivity index (χ1n) is 6.91. The molecule has 0 bridgehead atoms. The van der Waals surface area contributed by atoms with Gasteiger partial charge in [0.05, 0.1) is 0 Å². The van der Waals surface area contributed by atoms with Gasteiger partial charge in [-0.25, -0.2) is 9.97 Å². The van der Waals surface area contributed by atoms with Crippen molar-refractivity contribution >= 4 is 23.6 Å². The van der Waals surface area contributed by atoms with Crippen molar-refractivity contribution in [2.24, 2.45) is 5.92 Å². The Morgan fingerprint density at radius 1 is 1.35 bits per heavy atom. The number of nitrogens with one attached hydrogen (secondary N) is 1. The number of amides is 1. The number of nitrogens with two attached hydrogens (primary N) is 1. The van der Waals surface area contributed by atoms with E-state index in [9.17, 15) is 4.79 Å². The van der Waals surface area contributed by atoms with E-state index < -0.39 is 0 Å². The van der Waals surface area contributed by atoms with Gasteiger partial charge >= 0.3 is 0 Å². The SMILES string of the molecule is CC(C)Cc1cc(C(=O)NCCSC(C)C)nc(N)n1. The lowest BCUT2D eigenvalue weighted by atomic mass is 10.1. The van der Waals surface area contributed by atoms with E-state index in [1.807, 2.05) is 11.8 Å². The summed E-state index contributed by atoms with van der Waals surface area (Å²) in [7, 11) is 0. The molecule has 0 unspecified atom stereocenters. The van der Waals surface area contributed by atoms with Crippen molar-refractivity contribution in [1.29, 1.82) is 0 Å². The number of carbonyl (C=O) groups is 1. The maximum absolute atomic E-state index is 12.0. The topological polar surface area (TPSA) is 80.9 Å². The molecular weight excluding hydrogens is 272 g/mol. The highest BCUT2D eigenvalue weighted by Gasteiger charge is 2.11. The van der Waals surface area contributed by atoms with E-state index in [0.29, 0.717) is 23.4 Å². The van der Waals surface area contributed by atoms with Crippen LogP contribution >= 0.6 is 11.8 Å². The van der Waals surface area contributed by atoms with Crippen molar-refractivity contribution in [3.63, 3.8) is 0 Å². The Bertz CT molecular complexity index is 449. The molecule has 3 N–H and O–H groups in total. The highest BCUT2D eigenvalue weighted by Crippen LogP contribution is 2.09. The summed E-state index contributed by atoms with van der Waals surface area (Å²) in [6.45, 7) is 9.10. The molecular formula is C14H24N4OS. The molecule has 0 saturated heterocycles. The molecule has 0 radical (unpaired) electrons. The van der Waals surface area contributed by atoms with Crippen molar-refractivity contribution in [2.45, 2.75) is 39.4 Å². The van der Waals surface area contributed by atoms with Gasteiger partial charge in [-0.15, -0.1) is 0 Å². The third-order valence-electron chi connectivity index (χ3n) is 2.49. The van der Waals surface area contributed by atoms with E-state index in [1.165, 1.54) is 0 Å². The van der Waals surface area contributed by atoms with Gasteiger partial charge in [0.1, 0.15) is 5.69 Å². The highest BCUT2D eigenvalue weighted by molar-refractivity contribution is 7.99. The summed E-state index contributed by atoms with van der Waals surface area (Å²) in [5.41, 5.74) is 6.82. The van der Waals surface area contributed by atoms with Gasteiger partial charge in [-0.2, -0.15) is 11.8 Å². The van der Waals surface area contributed by atoms with E-state index in [4.69, 9.17) is 5.73 Å². The van der Waals surface area contributed by atoms with Crippen molar-refractivity contribution < 1.29 is 4.79 Å². The van der Waals surface area contributed by atoms with Gasteiger partial charge in [-0.1, -0.05) is 27.7 Å². The number of aromatic nitrogens is 2. The summed E-state index contributed by atoms with van der Waals surface area (Å²) >= 11 is 1.81. The second kappa shape index (κ2) is 8.09. The fraction of sp³-hybridized carbons (Fsp3) is 0.643. The van der Waals surface area contributed by atoms with Crippen LogP contribution in [0.2, 0.25) is 0 Å². The standard InChI is InChI=1S/C14H24N4OS/c1-9(2)7-11-8-12(18-14(15)17-11)13(19)16-5-6-20-10(3)4/h8-10H,5-7H2,1-4H3,(H,16,19)(H2,15,17,18). The Morgan fingerprint density at radius 3 is 2.65 bits per heavy atom. The zero-order valence-electron chi connectivity index (χ0n) is 12.6. The number of carbonyl (C=O) groups excluding carboxylic acids is 1. The molecule has 0 saturated carbocycles. The van der Waals surface area contributed by atoms with Crippen LogP contribution in [0.5, 0.6) is 0 Å². The molecule has 1 aromatic rings. The van der Waals surface area contributed by atoms with Crippen LogP contribution in [-0.2, 0) is 6.42 Å². The molecule has 0 aliphatic carbocycles. The second-order valence-electron chi connectivity index (χ2n) is 5.38. The number of hydrogen-bond acceptors (Lipinski definition) is 5. The van der Waals surface area contributed by atoms with Gasteiger partial charge in [0.25, 0.3) is 5.91 Å². The summed E-state index contributed by atoms with van der Waals surface area (Å²) in [6, 6.07) is 1.72. The molecule has 112 valence electrons. The number of rotatable bonds is 7. The lowest BCUT2D eigenvalue weighted by molar-refractivity contribution is 0.0951. The number of nitrogens with zero attached hydrogens (tertiary/aromatic N) is 2. The van der Waals surface area contributed by atoms with Crippen molar-refractivity contribution in [2.75, 3.05) is 18.0 Å². The number of thioether (sulfide) groups is 1. The van der Waals surface area contributed by atoms with Crippen LogP contribution in [0, 0.1) is 5.92 Å². The van der Waals surface area contributed by atoms with Crippen LogP contribution in [0.4, 0.5) is 5.95 Å². The zero-order chi connectivity index (χ0) is 15.1. The first-order valence-corrected chi connectivity index (χ1v) is 7.96. The molecule has 0 atom stereocenters. The van der Waals surface area contributed by atoms with Crippen molar-refractivity contribution in [1.82, 2.24) is 15.3 Å². The van der Waals surface area contributed by atoms with Crippen LogP contribution in [0.15, 0.2) is 6.07 Å². The predicted octanol–water partition coefficient (Wildman–Crippen LogP) is 2.13. The number of anilines is 1. The Morgan fingerprint density at radius 2 is 2.05 bits per heavy atom. The first-order chi connectivity index (χ1) is 9.38. The minimum absolute atomic E-state index is 0.157. The third-order valence-corrected chi connectivity index (χ3v) is 3.59. The van der Waals surface area contributed by atoms with Gasteiger partial charge in [-0.3, -0.25) is 4.79 Å². The molecule has 1 rings (SSSR count). The summed E-state index contributed by atoms with van der Waals surface area (Å²) < 4.78 is 0. The van der Waals surface area contributed by atoms with Gasteiger partial charge < -0.3 is 11.1 Å². The normalized spacial score (nSPS) is 11.1. The highest BCUT2D eigenvalue weighted by atomic mass is 32.2. The van der Waals surface area contributed by atoms with Crippen LogP contribution < -0.4 is 11.1 Å². The minimum Gasteiger partial charge on any atom is -0.368 e. The second-order valence-corrected chi connectivity index (χ2v) is 7.06. The van der Waals surface area contributed by atoms with E-state index >= 15 is 0 Å². The number of hydrogen-bond donors (Lipinski definition) is 2. The van der Waals surface area contributed by atoms with E-state index in [0.717, 1.165) is 17.9 Å². The predicted molar refractivity (Wildman–Crippen MR) is 84.9 cm³/mol. The molecule has 0 aliphatic heterocycles. The largest absolute Gasteiger partial charge is 0.368 e. The Hall–Kier alpha value is -1.30. The van der Waals surface area contributed by atoms with Gasteiger partial charge in [0.15, 0.2) is 0 Å². The maximum Gasteiger partial charge on any atom is 0.270 e. The van der Waals surface area contributed by atoms with Crippen molar-refractivity contribution in [3.05, 3.63) is 17.5 Å². The van der Waals surface area contributed by atoms with Crippen LogP contribution in [0.3, 0.4) is 0 Å². The molecule has 1 heterocycles. The lowest BCUT2D eigenvalue weighted by Crippen LogP contribution is -2.27. The smallest absolute Gasteiger partial charge is 0.270 e. The van der Waals surface area contributed by atoms with Crippen molar-refractivity contribution in [3.8, 4) is 0 Å². The Kier molecular flexibility index (Phi) is 6.78. The van der Waals surface area contributed by atoms with Gasteiger partial charge in [0.2, 0.25) is 5.95 Å². The van der Waals surface area contributed by atoms with Gasteiger partial charge in [-0.05, 0) is 23.7 Å². The quantitative estimate of drug-likeness (QED) is 0.753. The van der Waals surface area contributed by atoms with Crippen LogP contribution in [0.1, 0.15) is 43.9 Å². The van der Waals surface area contributed by atoms with Gasteiger partial charge in [0, 0.05) is 18.0 Å². The molecule has 20 heavy (non-hydrogen) atoms. The summed E-state index contributed by atoms with van der Waals surface area (Å²) in [4.78, 5) is 20.2. The first kappa shape index (κ1) is 16.8. The molecule has 1 aromatic heterocycles. The Labute approximate surface area is 125 Å². The van der Waals surface area contributed by atoms with E-state index in [1.54, 1.807) is 6.07 Å².